The van der Waals surface area contributed by atoms with Gasteiger partial charge in [-0.25, -0.2) is 0 Å². The van der Waals surface area contributed by atoms with Crippen LogP contribution in [-0.4, -0.2) is 31.6 Å². The van der Waals surface area contributed by atoms with Crippen LogP contribution in [0.5, 0.6) is 0 Å². The maximum Gasteiger partial charge on any atom is 0.0446 e. The topological polar surface area (TPSA) is 15.3 Å². The van der Waals surface area contributed by atoms with E-state index in [1.807, 2.05) is 0 Å². The van der Waals surface area contributed by atoms with E-state index < -0.39 is 0 Å². The molecule has 1 aromatic rings. The van der Waals surface area contributed by atoms with Crippen LogP contribution in [-0.2, 0) is 6.42 Å². The first-order valence-electron chi connectivity index (χ1n) is 8.21. The highest BCUT2D eigenvalue weighted by Crippen LogP contribution is 2.20. The minimum Gasteiger partial charge on any atom is -0.312 e. The minimum atomic E-state index is 0.453. The Morgan fingerprint density at radius 2 is 1.95 bits per heavy atom. The van der Waals surface area contributed by atoms with Crippen LogP contribution in [0.25, 0.3) is 0 Å². The summed E-state index contributed by atoms with van der Waals surface area (Å²) in [6, 6.07) is 9.57. The number of likely N-dealkylation sites (tertiary alicyclic amines) is 1. The lowest BCUT2D eigenvalue weighted by molar-refractivity contribution is 0.253. The number of nitrogens with one attached hydrogen (secondary N) is 1. The fraction of sp³-hybridized carbons (Fsp3) is 0.667. The van der Waals surface area contributed by atoms with Gasteiger partial charge in [0.05, 0.1) is 0 Å². The predicted molar refractivity (Wildman–Crippen MR) is 87.1 cm³/mol. The quantitative estimate of drug-likeness (QED) is 0.882. The Morgan fingerprint density at radius 3 is 2.60 bits per heavy atom. The smallest absolute Gasteiger partial charge is 0.0446 e. The lowest BCUT2D eigenvalue weighted by Gasteiger charge is -2.26. The molecule has 0 saturated carbocycles. The number of likely N-dealkylation sites (N-methyl/N-ethyl adjacent to an activating group) is 1. The lowest BCUT2D eigenvalue weighted by Crippen LogP contribution is -2.34. The van der Waals surface area contributed by atoms with E-state index >= 15 is 0 Å². The van der Waals surface area contributed by atoms with Crippen LogP contribution in [0.4, 0.5) is 0 Å². The average molecular weight is 274 g/mol. The standard InChI is InChI=1S/C18H30N2/c1-4-16-7-9-17(10-8-16)18(19-3)14-20-12-5-6-15(2)11-13-20/h7-10,15,18-19H,4-6,11-14H2,1-3H3. The van der Waals surface area contributed by atoms with Crippen molar-refractivity contribution >= 4 is 0 Å². The summed E-state index contributed by atoms with van der Waals surface area (Å²) in [7, 11) is 2.08. The van der Waals surface area contributed by atoms with Crippen molar-refractivity contribution in [3.05, 3.63) is 35.4 Å². The van der Waals surface area contributed by atoms with Crippen molar-refractivity contribution in [2.24, 2.45) is 5.92 Å². The highest BCUT2D eigenvalue weighted by Gasteiger charge is 2.18. The van der Waals surface area contributed by atoms with Crippen LogP contribution in [0, 0.1) is 5.92 Å². The fourth-order valence-electron chi connectivity index (χ4n) is 3.11. The summed E-state index contributed by atoms with van der Waals surface area (Å²) in [5.41, 5.74) is 2.84. The number of aryl methyl sites for hydroxylation is 1. The monoisotopic (exact) mass is 274 g/mol. The second-order valence-electron chi connectivity index (χ2n) is 6.27. The van der Waals surface area contributed by atoms with Crippen molar-refractivity contribution in [3.63, 3.8) is 0 Å². The molecule has 1 heterocycles. The molecule has 0 spiro atoms. The lowest BCUT2D eigenvalue weighted by atomic mass is 10.0. The second kappa shape index (κ2) is 7.80. The molecule has 2 rings (SSSR count). The van der Waals surface area contributed by atoms with Gasteiger partial charge in [-0.15, -0.1) is 0 Å². The third-order valence-electron chi connectivity index (χ3n) is 4.69. The van der Waals surface area contributed by atoms with Gasteiger partial charge in [-0.3, -0.25) is 0 Å². The van der Waals surface area contributed by atoms with Gasteiger partial charge in [0, 0.05) is 12.6 Å². The Kier molecular flexibility index (Phi) is 6.06. The van der Waals surface area contributed by atoms with E-state index in [1.54, 1.807) is 0 Å². The molecule has 112 valence electrons. The molecular formula is C18H30N2. The summed E-state index contributed by atoms with van der Waals surface area (Å²) in [6.07, 6.45) is 5.22. The molecule has 1 aliphatic heterocycles. The highest BCUT2D eigenvalue weighted by molar-refractivity contribution is 5.25. The summed E-state index contributed by atoms with van der Waals surface area (Å²) in [5, 5.41) is 3.49. The Labute approximate surface area is 124 Å². The van der Waals surface area contributed by atoms with Gasteiger partial charge in [-0.1, -0.05) is 38.1 Å². The molecule has 1 aliphatic rings. The highest BCUT2D eigenvalue weighted by atomic mass is 15.1. The average Bonchev–Trinajstić information content (AvgIpc) is 2.69. The largest absolute Gasteiger partial charge is 0.312 e. The van der Waals surface area contributed by atoms with Crippen LogP contribution in [0.1, 0.15) is 50.3 Å². The van der Waals surface area contributed by atoms with Gasteiger partial charge in [0.1, 0.15) is 0 Å². The van der Waals surface area contributed by atoms with Crippen molar-refractivity contribution in [3.8, 4) is 0 Å². The summed E-state index contributed by atoms with van der Waals surface area (Å²) in [4.78, 5) is 2.64. The molecule has 2 atom stereocenters. The molecule has 0 bridgehead atoms. The summed E-state index contributed by atoms with van der Waals surface area (Å²) < 4.78 is 0. The van der Waals surface area contributed by atoms with E-state index in [0.29, 0.717) is 6.04 Å². The number of benzene rings is 1. The molecule has 1 fully saturated rings. The second-order valence-corrected chi connectivity index (χ2v) is 6.27. The molecule has 2 nitrogen and oxygen atoms in total. The van der Waals surface area contributed by atoms with E-state index in [2.05, 4.69) is 55.4 Å². The molecular weight excluding hydrogens is 244 g/mol. The van der Waals surface area contributed by atoms with E-state index in [1.165, 1.54) is 43.5 Å². The van der Waals surface area contributed by atoms with Gasteiger partial charge in [0.2, 0.25) is 0 Å². The Morgan fingerprint density at radius 1 is 1.20 bits per heavy atom. The Balaban J connectivity index is 1.96. The van der Waals surface area contributed by atoms with Gasteiger partial charge in [0.15, 0.2) is 0 Å². The zero-order valence-electron chi connectivity index (χ0n) is 13.4. The SMILES string of the molecule is CCc1ccc(C(CN2CCCC(C)CC2)NC)cc1. The van der Waals surface area contributed by atoms with Crippen molar-refractivity contribution in [1.82, 2.24) is 10.2 Å². The van der Waals surface area contributed by atoms with Crippen LogP contribution < -0.4 is 5.32 Å². The van der Waals surface area contributed by atoms with E-state index in [0.717, 1.165) is 18.9 Å². The maximum absolute atomic E-state index is 3.49. The molecule has 0 amide bonds. The Bertz CT molecular complexity index is 385. The van der Waals surface area contributed by atoms with Crippen molar-refractivity contribution in [1.29, 1.82) is 0 Å². The predicted octanol–water partition coefficient (Wildman–Crippen LogP) is 3.63. The van der Waals surface area contributed by atoms with Crippen molar-refractivity contribution < 1.29 is 0 Å². The minimum absolute atomic E-state index is 0.453. The van der Waals surface area contributed by atoms with Gasteiger partial charge in [0.25, 0.3) is 0 Å². The molecule has 2 unspecified atom stereocenters. The van der Waals surface area contributed by atoms with Crippen molar-refractivity contribution in [2.45, 2.75) is 45.6 Å². The molecule has 0 aliphatic carbocycles. The molecule has 1 saturated heterocycles. The van der Waals surface area contributed by atoms with Crippen LogP contribution >= 0.6 is 0 Å². The van der Waals surface area contributed by atoms with E-state index in [9.17, 15) is 0 Å². The molecule has 0 radical (unpaired) electrons. The molecule has 1 N–H and O–H groups in total. The van der Waals surface area contributed by atoms with Crippen LogP contribution in [0.15, 0.2) is 24.3 Å². The zero-order chi connectivity index (χ0) is 14.4. The maximum atomic E-state index is 3.49. The molecule has 20 heavy (non-hydrogen) atoms. The third-order valence-corrected chi connectivity index (χ3v) is 4.69. The molecule has 2 heteroatoms. The first-order chi connectivity index (χ1) is 9.72. The van der Waals surface area contributed by atoms with Crippen LogP contribution in [0.2, 0.25) is 0 Å². The molecule has 0 aromatic heterocycles. The zero-order valence-corrected chi connectivity index (χ0v) is 13.4. The van der Waals surface area contributed by atoms with E-state index in [4.69, 9.17) is 0 Å². The van der Waals surface area contributed by atoms with Gasteiger partial charge < -0.3 is 10.2 Å². The van der Waals surface area contributed by atoms with Gasteiger partial charge in [-0.2, -0.15) is 0 Å². The number of hydrogen-bond acceptors (Lipinski definition) is 2. The number of nitrogens with zero attached hydrogens (tertiary/aromatic N) is 1. The van der Waals surface area contributed by atoms with Crippen LogP contribution in [0.3, 0.4) is 0 Å². The van der Waals surface area contributed by atoms with Gasteiger partial charge in [-0.05, 0) is 62.9 Å². The Hall–Kier alpha value is -0.860. The summed E-state index contributed by atoms with van der Waals surface area (Å²) in [6.45, 7) is 8.25. The van der Waals surface area contributed by atoms with Crippen molar-refractivity contribution in [2.75, 3.05) is 26.7 Å². The number of rotatable bonds is 5. The van der Waals surface area contributed by atoms with Gasteiger partial charge >= 0.3 is 0 Å². The summed E-state index contributed by atoms with van der Waals surface area (Å²) >= 11 is 0. The first kappa shape index (κ1) is 15.5. The normalized spacial score (nSPS) is 22.4. The first-order valence-corrected chi connectivity index (χ1v) is 8.21. The molecule has 1 aromatic carbocycles. The number of hydrogen-bond donors (Lipinski definition) is 1. The third kappa shape index (κ3) is 4.32. The summed E-state index contributed by atoms with van der Waals surface area (Å²) in [5.74, 6) is 0.900. The fourth-order valence-corrected chi connectivity index (χ4v) is 3.11. The van der Waals surface area contributed by atoms with E-state index in [-0.39, 0.29) is 0 Å².